The van der Waals surface area contributed by atoms with Gasteiger partial charge >= 0.3 is 11.9 Å². The number of carbonyl (C=O) groups excluding carboxylic acids is 2. The van der Waals surface area contributed by atoms with Crippen molar-refractivity contribution in [1.82, 2.24) is 0 Å². The summed E-state index contributed by atoms with van der Waals surface area (Å²) in [4.78, 5) is 25.4. The van der Waals surface area contributed by atoms with E-state index in [1.54, 1.807) is 6.07 Å². The van der Waals surface area contributed by atoms with Crippen molar-refractivity contribution in [3.63, 3.8) is 0 Å². The fourth-order valence-corrected chi connectivity index (χ4v) is 2.86. The number of ether oxygens (including phenoxy) is 2. The average molecular weight is 353 g/mol. The number of nitrogens with one attached hydrogen (secondary N) is 1. The molecule has 1 aromatic rings. The van der Waals surface area contributed by atoms with Gasteiger partial charge in [-0.2, -0.15) is 0 Å². The highest BCUT2D eigenvalue weighted by Crippen LogP contribution is 2.31. The van der Waals surface area contributed by atoms with Crippen molar-refractivity contribution in [3.8, 4) is 0 Å². The molecule has 1 heterocycles. The van der Waals surface area contributed by atoms with E-state index in [-0.39, 0.29) is 5.70 Å². The highest BCUT2D eigenvalue weighted by molar-refractivity contribution is 6.33. The van der Waals surface area contributed by atoms with Gasteiger partial charge in [-0.15, -0.1) is 0 Å². The van der Waals surface area contributed by atoms with E-state index >= 15 is 0 Å². The maximum absolute atomic E-state index is 11.8. The van der Waals surface area contributed by atoms with E-state index < -0.39 is 11.9 Å². The molecular formula is C17H21ClN2O4. The summed E-state index contributed by atoms with van der Waals surface area (Å²) in [6, 6.07) is 5.44. The molecule has 0 spiro atoms. The molecule has 0 aromatic heterocycles. The molecule has 7 heteroatoms. The van der Waals surface area contributed by atoms with Crippen molar-refractivity contribution >= 4 is 34.9 Å². The number of hydrogen-bond donors (Lipinski definition) is 1. The number of anilines is 2. The number of halogens is 1. The van der Waals surface area contributed by atoms with E-state index in [0.717, 1.165) is 37.7 Å². The largest absolute Gasteiger partial charge is 0.466 e. The van der Waals surface area contributed by atoms with Crippen LogP contribution in [0.25, 0.3) is 0 Å². The lowest BCUT2D eigenvalue weighted by Crippen LogP contribution is -2.29. The Morgan fingerprint density at radius 2 is 1.88 bits per heavy atom. The molecule has 1 aromatic carbocycles. The van der Waals surface area contributed by atoms with Crippen LogP contribution in [0.15, 0.2) is 30.0 Å². The second-order valence-electron chi connectivity index (χ2n) is 5.41. The van der Waals surface area contributed by atoms with Gasteiger partial charge in [-0.3, -0.25) is 0 Å². The molecule has 1 fully saturated rings. The van der Waals surface area contributed by atoms with Crippen molar-refractivity contribution in [3.05, 3.63) is 35.0 Å². The first-order valence-corrected chi connectivity index (χ1v) is 8.12. The van der Waals surface area contributed by atoms with Crippen LogP contribution in [0.4, 0.5) is 11.4 Å². The molecule has 6 nitrogen and oxygen atoms in total. The smallest absolute Gasteiger partial charge is 0.354 e. The van der Waals surface area contributed by atoms with Crippen LogP contribution in [-0.2, 0) is 19.1 Å². The molecular weight excluding hydrogens is 332 g/mol. The first-order valence-electron chi connectivity index (χ1n) is 7.74. The molecule has 0 amide bonds. The Labute approximate surface area is 146 Å². The zero-order valence-corrected chi connectivity index (χ0v) is 14.6. The quantitative estimate of drug-likeness (QED) is 0.649. The number of carbonyl (C=O) groups is 2. The van der Waals surface area contributed by atoms with Crippen LogP contribution < -0.4 is 10.2 Å². The Hall–Kier alpha value is -2.21. The average Bonchev–Trinajstić information content (AvgIpc) is 2.61. The third-order valence-electron chi connectivity index (χ3n) is 3.79. The first kappa shape index (κ1) is 18.1. The van der Waals surface area contributed by atoms with Crippen LogP contribution in [0.1, 0.15) is 19.3 Å². The van der Waals surface area contributed by atoms with Gasteiger partial charge in [0.2, 0.25) is 0 Å². The fourth-order valence-electron chi connectivity index (χ4n) is 2.56. The van der Waals surface area contributed by atoms with E-state index in [2.05, 4.69) is 19.7 Å². The van der Waals surface area contributed by atoms with Gasteiger partial charge in [0, 0.05) is 18.8 Å². The van der Waals surface area contributed by atoms with Crippen LogP contribution in [0, 0.1) is 0 Å². The predicted molar refractivity (Wildman–Crippen MR) is 93.3 cm³/mol. The molecule has 1 aliphatic heterocycles. The lowest BCUT2D eigenvalue weighted by molar-refractivity contribution is -0.138. The van der Waals surface area contributed by atoms with Crippen LogP contribution in [-0.4, -0.2) is 39.2 Å². The third kappa shape index (κ3) is 4.64. The highest BCUT2D eigenvalue weighted by atomic mass is 35.5. The number of methoxy groups -OCH3 is 2. The van der Waals surface area contributed by atoms with Crippen molar-refractivity contribution in [2.24, 2.45) is 0 Å². The summed E-state index contributed by atoms with van der Waals surface area (Å²) in [6.07, 6.45) is 4.60. The number of rotatable bonds is 5. The van der Waals surface area contributed by atoms with Gasteiger partial charge in [0.1, 0.15) is 5.70 Å². The minimum absolute atomic E-state index is 0.0221. The molecule has 0 saturated carbocycles. The van der Waals surface area contributed by atoms with E-state index in [1.165, 1.54) is 20.6 Å². The zero-order valence-electron chi connectivity index (χ0n) is 13.8. The summed E-state index contributed by atoms with van der Waals surface area (Å²) < 4.78 is 9.20. The number of piperidine rings is 1. The normalized spacial score (nSPS) is 15.0. The Kier molecular flexibility index (Phi) is 6.49. The van der Waals surface area contributed by atoms with Gasteiger partial charge < -0.3 is 19.7 Å². The molecule has 1 N–H and O–H groups in total. The standard InChI is InChI=1S/C17H21ClN2O4/c1-23-16(21)11-14(17(22)24-2)19-12-6-7-15(13(18)10-12)20-8-4-3-5-9-20/h6-7,10-11,19H,3-5,8-9H2,1-2H3/b14-11+. The summed E-state index contributed by atoms with van der Waals surface area (Å²) in [5.74, 6) is -1.32. The van der Waals surface area contributed by atoms with E-state index in [1.807, 2.05) is 12.1 Å². The second kappa shape index (κ2) is 8.59. The maximum atomic E-state index is 11.8. The molecule has 0 radical (unpaired) electrons. The molecule has 1 saturated heterocycles. The predicted octanol–water partition coefficient (Wildman–Crippen LogP) is 2.97. The van der Waals surface area contributed by atoms with Crippen LogP contribution in [0.3, 0.4) is 0 Å². The van der Waals surface area contributed by atoms with Crippen molar-refractivity contribution < 1.29 is 19.1 Å². The third-order valence-corrected chi connectivity index (χ3v) is 4.09. The van der Waals surface area contributed by atoms with Crippen molar-refractivity contribution in [2.75, 3.05) is 37.5 Å². The first-order chi connectivity index (χ1) is 11.5. The summed E-state index contributed by atoms with van der Waals surface area (Å²) >= 11 is 6.38. The van der Waals surface area contributed by atoms with Gasteiger partial charge in [-0.1, -0.05) is 11.6 Å². The lowest BCUT2D eigenvalue weighted by atomic mass is 10.1. The molecule has 24 heavy (non-hydrogen) atoms. The Balaban J connectivity index is 2.18. The Morgan fingerprint density at radius 1 is 1.17 bits per heavy atom. The van der Waals surface area contributed by atoms with Gasteiger partial charge in [-0.25, -0.2) is 9.59 Å². The molecule has 0 atom stereocenters. The lowest BCUT2D eigenvalue weighted by Gasteiger charge is -2.29. The topological polar surface area (TPSA) is 67.9 Å². The van der Waals surface area contributed by atoms with Crippen LogP contribution >= 0.6 is 11.6 Å². The molecule has 0 aliphatic carbocycles. The number of hydrogen-bond acceptors (Lipinski definition) is 6. The van der Waals surface area contributed by atoms with Crippen molar-refractivity contribution in [1.29, 1.82) is 0 Å². The monoisotopic (exact) mass is 352 g/mol. The zero-order chi connectivity index (χ0) is 17.5. The molecule has 130 valence electrons. The summed E-state index contributed by atoms with van der Waals surface area (Å²) in [5.41, 5.74) is 1.53. The van der Waals surface area contributed by atoms with Gasteiger partial charge in [0.25, 0.3) is 0 Å². The summed E-state index contributed by atoms with van der Waals surface area (Å²) in [5, 5.41) is 3.44. The van der Waals surface area contributed by atoms with E-state index in [9.17, 15) is 9.59 Å². The molecule has 2 rings (SSSR count). The van der Waals surface area contributed by atoms with Crippen LogP contribution in [0.5, 0.6) is 0 Å². The molecule has 0 unspecified atom stereocenters. The second-order valence-corrected chi connectivity index (χ2v) is 5.82. The molecule has 1 aliphatic rings. The Bertz CT molecular complexity index is 639. The fraction of sp³-hybridized carbons (Fsp3) is 0.412. The van der Waals surface area contributed by atoms with E-state index in [4.69, 9.17) is 11.6 Å². The maximum Gasteiger partial charge on any atom is 0.354 e. The van der Waals surface area contributed by atoms with Gasteiger partial charge in [0.15, 0.2) is 0 Å². The highest BCUT2D eigenvalue weighted by Gasteiger charge is 2.16. The minimum atomic E-state index is -0.670. The Morgan fingerprint density at radius 3 is 2.46 bits per heavy atom. The number of esters is 2. The van der Waals surface area contributed by atoms with Crippen LogP contribution in [0.2, 0.25) is 5.02 Å². The molecule has 0 bridgehead atoms. The van der Waals surface area contributed by atoms with Gasteiger partial charge in [0.05, 0.1) is 31.0 Å². The number of nitrogens with zero attached hydrogens (tertiary/aromatic N) is 1. The minimum Gasteiger partial charge on any atom is -0.466 e. The summed E-state index contributed by atoms with van der Waals surface area (Å²) in [7, 11) is 2.47. The van der Waals surface area contributed by atoms with E-state index in [0.29, 0.717) is 10.7 Å². The van der Waals surface area contributed by atoms with Gasteiger partial charge in [-0.05, 0) is 37.5 Å². The van der Waals surface area contributed by atoms with Crippen molar-refractivity contribution in [2.45, 2.75) is 19.3 Å². The SMILES string of the molecule is COC(=O)/C=C(/Nc1ccc(N2CCCCC2)c(Cl)c1)C(=O)OC. The number of benzene rings is 1. The summed E-state index contributed by atoms with van der Waals surface area (Å²) in [6.45, 7) is 1.98.